The van der Waals surface area contributed by atoms with Crippen LogP contribution in [0.3, 0.4) is 0 Å². The third kappa shape index (κ3) is 13.0. The lowest BCUT2D eigenvalue weighted by Gasteiger charge is -2.08. The first-order valence-electron chi connectivity index (χ1n) is 4.41. The SMILES string of the molecule is CC.CCC(C)OCCOC. The highest BCUT2D eigenvalue weighted by Crippen LogP contribution is 1.93. The van der Waals surface area contributed by atoms with Gasteiger partial charge in [-0.2, -0.15) is 0 Å². The number of methoxy groups -OCH3 is 1. The van der Waals surface area contributed by atoms with E-state index in [0.717, 1.165) is 6.42 Å². The highest BCUT2D eigenvalue weighted by Gasteiger charge is 1.95. The Balaban J connectivity index is 0. The van der Waals surface area contributed by atoms with E-state index in [2.05, 4.69) is 13.8 Å². The van der Waals surface area contributed by atoms with Crippen LogP contribution < -0.4 is 0 Å². The van der Waals surface area contributed by atoms with E-state index in [1.807, 2.05) is 13.8 Å². The van der Waals surface area contributed by atoms with E-state index in [1.54, 1.807) is 7.11 Å². The Morgan fingerprint density at radius 3 is 2.09 bits per heavy atom. The zero-order valence-corrected chi connectivity index (χ0v) is 8.52. The Kier molecular flexibility index (Phi) is 15.4. The predicted molar refractivity (Wildman–Crippen MR) is 48.9 cm³/mol. The third-order valence-electron chi connectivity index (χ3n) is 1.26. The molecule has 11 heavy (non-hydrogen) atoms. The largest absolute Gasteiger partial charge is 0.382 e. The van der Waals surface area contributed by atoms with Crippen LogP contribution in [0.4, 0.5) is 0 Å². The number of hydrogen-bond acceptors (Lipinski definition) is 2. The Morgan fingerprint density at radius 2 is 1.73 bits per heavy atom. The molecule has 0 aliphatic carbocycles. The molecule has 0 radical (unpaired) electrons. The van der Waals surface area contributed by atoms with Crippen molar-refractivity contribution in [2.45, 2.75) is 40.2 Å². The van der Waals surface area contributed by atoms with Gasteiger partial charge in [0.05, 0.1) is 19.3 Å². The molecule has 1 atom stereocenters. The van der Waals surface area contributed by atoms with Gasteiger partial charge in [-0.25, -0.2) is 0 Å². The van der Waals surface area contributed by atoms with Gasteiger partial charge in [-0.05, 0) is 13.3 Å². The van der Waals surface area contributed by atoms with Crippen molar-refractivity contribution in [1.29, 1.82) is 0 Å². The summed E-state index contributed by atoms with van der Waals surface area (Å²) in [5.74, 6) is 0. The molecule has 1 unspecified atom stereocenters. The van der Waals surface area contributed by atoms with Crippen LogP contribution in [0.15, 0.2) is 0 Å². The van der Waals surface area contributed by atoms with Crippen LogP contribution in [0.2, 0.25) is 0 Å². The fraction of sp³-hybridized carbons (Fsp3) is 1.00. The maximum atomic E-state index is 5.31. The van der Waals surface area contributed by atoms with Crippen LogP contribution in [-0.2, 0) is 9.47 Å². The van der Waals surface area contributed by atoms with Crippen LogP contribution in [-0.4, -0.2) is 26.4 Å². The van der Waals surface area contributed by atoms with Gasteiger partial charge in [0.25, 0.3) is 0 Å². The van der Waals surface area contributed by atoms with Crippen LogP contribution in [0.5, 0.6) is 0 Å². The zero-order valence-electron chi connectivity index (χ0n) is 8.52. The molecule has 0 heterocycles. The van der Waals surface area contributed by atoms with E-state index < -0.39 is 0 Å². The van der Waals surface area contributed by atoms with E-state index >= 15 is 0 Å². The first kappa shape index (κ1) is 13.5. The molecule has 0 bridgehead atoms. The highest BCUT2D eigenvalue weighted by molar-refractivity contribution is 4.42. The van der Waals surface area contributed by atoms with Crippen molar-refractivity contribution in [1.82, 2.24) is 0 Å². The molecule has 0 spiro atoms. The second-order valence-corrected chi connectivity index (χ2v) is 2.08. The minimum absolute atomic E-state index is 0.375. The van der Waals surface area contributed by atoms with Crippen LogP contribution in [0.1, 0.15) is 34.1 Å². The van der Waals surface area contributed by atoms with Gasteiger partial charge in [0.1, 0.15) is 0 Å². The first-order valence-corrected chi connectivity index (χ1v) is 4.41. The third-order valence-corrected chi connectivity index (χ3v) is 1.26. The Morgan fingerprint density at radius 1 is 1.18 bits per heavy atom. The summed E-state index contributed by atoms with van der Waals surface area (Å²) < 4.78 is 10.1. The standard InChI is InChI=1S/C7H16O2.C2H6/c1-4-7(2)9-6-5-8-3;1-2/h7H,4-6H2,1-3H3;1-2H3. The van der Waals surface area contributed by atoms with Gasteiger partial charge in [0.2, 0.25) is 0 Å². The molecule has 0 amide bonds. The van der Waals surface area contributed by atoms with Crippen molar-refractivity contribution in [2.75, 3.05) is 20.3 Å². The van der Waals surface area contributed by atoms with Gasteiger partial charge in [-0.15, -0.1) is 0 Å². The predicted octanol–water partition coefficient (Wildman–Crippen LogP) is 2.47. The summed E-state index contributed by atoms with van der Waals surface area (Å²) >= 11 is 0. The molecule has 0 saturated heterocycles. The van der Waals surface area contributed by atoms with E-state index in [0.29, 0.717) is 19.3 Å². The molecule has 0 N–H and O–H groups in total. The molecule has 0 aliphatic heterocycles. The van der Waals surface area contributed by atoms with Crippen molar-refractivity contribution in [2.24, 2.45) is 0 Å². The summed E-state index contributed by atoms with van der Waals surface area (Å²) in [7, 11) is 1.68. The fourth-order valence-electron chi connectivity index (χ4n) is 0.450. The van der Waals surface area contributed by atoms with Crippen molar-refractivity contribution in [3.63, 3.8) is 0 Å². The summed E-state index contributed by atoms with van der Waals surface area (Å²) in [6, 6.07) is 0. The Hall–Kier alpha value is -0.0800. The molecule has 0 aromatic carbocycles. The Labute approximate surface area is 70.9 Å². The van der Waals surface area contributed by atoms with Crippen LogP contribution in [0.25, 0.3) is 0 Å². The lowest BCUT2D eigenvalue weighted by atomic mass is 10.3. The van der Waals surface area contributed by atoms with Gasteiger partial charge in [-0.1, -0.05) is 20.8 Å². The fourth-order valence-corrected chi connectivity index (χ4v) is 0.450. The Bertz CT molecular complexity index is 55.5. The summed E-state index contributed by atoms with van der Waals surface area (Å²) in [6.45, 7) is 9.59. The van der Waals surface area contributed by atoms with Gasteiger partial charge >= 0.3 is 0 Å². The second-order valence-electron chi connectivity index (χ2n) is 2.08. The number of rotatable bonds is 5. The molecule has 0 fully saturated rings. The van der Waals surface area contributed by atoms with Gasteiger partial charge in [0.15, 0.2) is 0 Å². The lowest BCUT2D eigenvalue weighted by molar-refractivity contribution is 0.0248. The maximum Gasteiger partial charge on any atom is 0.0703 e. The quantitative estimate of drug-likeness (QED) is 0.578. The average Bonchev–Trinajstić information content (AvgIpc) is 2.08. The summed E-state index contributed by atoms with van der Waals surface area (Å²) in [4.78, 5) is 0. The minimum atomic E-state index is 0.375. The van der Waals surface area contributed by atoms with Gasteiger partial charge in [-0.3, -0.25) is 0 Å². The molecular weight excluding hydrogens is 140 g/mol. The normalized spacial score (nSPS) is 11.7. The van der Waals surface area contributed by atoms with Crippen LogP contribution in [0, 0.1) is 0 Å². The molecule has 2 nitrogen and oxygen atoms in total. The van der Waals surface area contributed by atoms with Crippen molar-refractivity contribution in [3.8, 4) is 0 Å². The maximum absolute atomic E-state index is 5.31. The summed E-state index contributed by atoms with van der Waals surface area (Å²) in [5, 5.41) is 0. The lowest BCUT2D eigenvalue weighted by Crippen LogP contribution is -2.10. The highest BCUT2D eigenvalue weighted by atomic mass is 16.5. The average molecular weight is 162 g/mol. The van der Waals surface area contributed by atoms with E-state index in [9.17, 15) is 0 Å². The van der Waals surface area contributed by atoms with E-state index in [4.69, 9.17) is 9.47 Å². The molecule has 0 aliphatic rings. The first-order chi connectivity index (χ1) is 5.31. The topological polar surface area (TPSA) is 18.5 Å². The van der Waals surface area contributed by atoms with Crippen molar-refractivity contribution >= 4 is 0 Å². The number of ether oxygens (including phenoxy) is 2. The van der Waals surface area contributed by atoms with Gasteiger partial charge in [0, 0.05) is 7.11 Å². The molecular formula is C9H22O2. The minimum Gasteiger partial charge on any atom is -0.382 e. The van der Waals surface area contributed by atoms with Crippen molar-refractivity contribution in [3.05, 3.63) is 0 Å². The monoisotopic (exact) mass is 162 g/mol. The molecule has 2 heteroatoms. The molecule has 70 valence electrons. The molecule has 0 aromatic heterocycles. The summed E-state index contributed by atoms with van der Waals surface area (Å²) in [6.07, 6.45) is 1.45. The van der Waals surface area contributed by atoms with Crippen LogP contribution >= 0.6 is 0 Å². The molecule has 0 aromatic rings. The van der Waals surface area contributed by atoms with Gasteiger partial charge < -0.3 is 9.47 Å². The molecule has 0 saturated carbocycles. The van der Waals surface area contributed by atoms with E-state index in [-0.39, 0.29) is 0 Å². The second kappa shape index (κ2) is 12.6. The summed E-state index contributed by atoms with van der Waals surface area (Å²) in [5.41, 5.74) is 0. The number of hydrogen-bond donors (Lipinski definition) is 0. The van der Waals surface area contributed by atoms with Crippen molar-refractivity contribution < 1.29 is 9.47 Å². The van der Waals surface area contributed by atoms with E-state index in [1.165, 1.54) is 0 Å². The molecule has 0 rings (SSSR count). The zero-order chi connectivity index (χ0) is 9.11. The smallest absolute Gasteiger partial charge is 0.0703 e.